The van der Waals surface area contributed by atoms with E-state index in [2.05, 4.69) is 10.2 Å². The minimum absolute atomic E-state index is 0.0718. The topological polar surface area (TPSA) is 119 Å². The van der Waals surface area contributed by atoms with E-state index in [0.29, 0.717) is 37.6 Å². The Morgan fingerprint density at radius 2 is 2.09 bits per heavy atom. The number of carbonyl (C=O) groups excluding carboxylic acids is 2. The second-order valence-corrected chi connectivity index (χ2v) is 8.66. The van der Waals surface area contributed by atoms with Crippen LogP contribution >= 0.6 is 0 Å². The van der Waals surface area contributed by atoms with Crippen LogP contribution in [0.5, 0.6) is 5.75 Å². The molecule has 2 aliphatic heterocycles. The summed E-state index contributed by atoms with van der Waals surface area (Å²) in [7, 11) is 3.85. The molecule has 3 N–H and O–H groups in total. The van der Waals surface area contributed by atoms with Gasteiger partial charge < -0.3 is 34.9 Å². The summed E-state index contributed by atoms with van der Waals surface area (Å²) in [5.74, 6) is 0.187. The Bertz CT molecular complexity index is 782. The molecular formula is C22H34N4O6. The van der Waals surface area contributed by atoms with Crippen LogP contribution in [0.3, 0.4) is 0 Å². The molecule has 2 amide bonds. The number of nitrogens with zero attached hydrogens (tertiary/aromatic N) is 2. The van der Waals surface area contributed by atoms with Crippen LogP contribution in [0.1, 0.15) is 24.8 Å². The monoisotopic (exact) mass is 450 g/mol. The van der Waals surface area contributed by atoms with Crippen LogP contribution in [-0.4, -0.2) is 92.5 Å². The van der Waals surface area contributed by atoms with E-state index in [4.69, 9.17) is 9.47 Å². The van der Waals surface area contributed by atoms with Crippen LogP contribution < -0.4 is 15.1 Å². The molecule has 2 heterocycles. The van der Waals surface area contributed by atoms with Crippen LogP contribution in [0.25, 0.3) is 0 Å². The Morgan fingerprint density at radius 1 is 1.34 bits per heavy atom. The van der Waals surface area contributed by atoms with Crippen molar-refractivity contribution in [1.29, 1.82) is 0 Å². The molecule has 2 unspecified atom stereocenters. The number of hydrogen-bond donors (Lipinski definition) is 3. The van der Waals surface area contributed by atoms with Crippen LogP contribution in [0.2, 0.25) is 0 Å². The van der Waals surface area contributed by atoms with E-state index in [1.54, 1.807) is 18.2 Å². The van der Waals surface area contributed by atoms with E-state index in [-0.39, 0.29) is 31.1 Å². The van der Waals surface area contributed by atoms with Crippen LogP contribution in [-0.2, 0) is 16.0 Å². The Balaban J connectivity index is 1.38. The molecule has 2 aliphatic rings. The van der Waals surface area contributed by atoms with E-state index < -0.39 is 11.2 Å². The zero-order valence-corrected chi connectivity index (χ0v) is 18.8. The minimum Gasteiger partial charge on any atom is -0.621 e. The zero-order chi connectivity index (χ0) is 23.1. The first-order chi connectivity index (χ1) is 15.3. The molecule has 1 saturated heterocycles. The number of β-amino-alcohol motifs (C(OH)–C–C–N with tert-alkyl or cyclic N) is 1. The highest BCUT2D eigenvalue weighted by Crippen LogP contribution is 2.28. The lowest BCUT2D eigenvalue weighted by Crippen LogP contribution is -3.06. The largest absolute Gasteiger partial charge is 0.621 e. The summed E-state index contributed by atoms with van der Waals surface area (Å²) in [5.41, 5.74) is 1.15. The number of aliphatic hydroxyl groups excluding tert-OH is 1. The standard InChI is InChI=1S/C22H34N4O6/c1-24(2)12-13-31-22(29)23-16-8-10-25(11-9-16)14-17(27)15-32-20-5-3-4-19-18(20)6-7-21(28)26(19)30/h3-5,16-17,26-27H,6-15H2,1-2H3,(H,23,29). The number of quaternary nitrogens is 1. The molecule has 0 aromatic heterocycles. The lowest BCUT2D eigenvalue weighted by Gasteiger charge is -2.33. The number of rotatable bonds is 9. The summed E-state index contributed by atoms with van der Waals surface area (Å²) in [4.78, 5) is 27.6. The zero-order valence-electron chi connectivity index (χ0n) is 18.8. The number of amides is 2. The van der Waals surface area contributed by atoms with Gasteiger partial charge in [0.1, 0.15) is 30.8 Å². The van der Waals surface area contributed by atoms with E-state index in [1.165, 1.54) is 0 Å². The summed E-state index contributed by atoms with van der Waals surface area (Å²) in [6, 6.07) is 5.18. The third-order valence-electron chi connectivity index (χ3n) is 5.81. The number of likely N-dealkylation sites (tertiary alicyclic amines) is 1. The summed E-state index contributed by atoms with van der Waals surface area (Å²) < 4.78 is 11.0. The SMILES string of the molecule is CN(C)CCOC(=O)NC1CCN(CC(O)COc2cccc3c2CCC(=O)[NH+]3[O-])CC1. The van der Waals surface area contributed by atoms with Crippen molar-refractivity contribution in [2.75, 3.05) is 53.5 Å². The molecule has 1 aromatic rings. The molecule has 10 nitrogen and oxygen atoms in total. The number of aliphatic hydroxyl groups is 1. The molecule has 32 heavy (non-hydrogen) atoms. The van der Waals surface area contributed by atoms with Gasteiger partial charge in [0.25, 0.3) is 0 Å². The third kappa shape index (κ3) is 6.88. The maximum atomic E-state index is 12.0. The minimum atomic E-state index is -0.688. The van der Waals surface area contributed by atoms with Gasteiger partial charge in [-0.05, 0) is 39.4 Å². The van der Waals surface area contributed by atoms with Crippen LogP contribution in [0.4, 0.5) is 10.5 Å². The van der Waals surface area contributed by atoms with Crippen molar-refractivity contribution in [3.63, 3.8) is 0 Å². The maximum absolute atomic E-state index is 12.0. The highest BCUT2D eigenvalue weighted by molar-refractivity contribution is 5.74. The van der Waals surface area contributed by atoms with Gasteiger partial charge in [-0.15, -0.1) is 0 Å². The highest BCUT2D eigenvalue weighted by atomic mass is 16.5. The predicted molar refractivity (Wildman–Crippen MR) is 118 cm³/mol. The van der Waals surface area contributed by atoms with Gasteiger partial charge in [0.2, 0.25) is 0 Å². The van der Waals surface area contributed by atoms with E-state index >= 15 is 0 Å². The number of likely N-dealkylation sites (N-methyl/N-ethyl adjacent to an activating group) is 1. The first-order valence-electron chi connectivity index (χ1n) is 11.1. The molecule has 2 atom stereocenters. The van der Waals surface area contributed by atoms with Crippen molar-refractivity contribution in [2.24, 2.45) is 0 Å². The second kappa shape index (κ2) is 11.6. The number of carbonyl (C=O) groups is 2. The average molecular weight is 451 g/mol. The summed E-state index contributed by atoms with van der Waals surface area (Å²) in [6.07, 6.45) is 1.18. The average Bonchev–Trinajstić information content (AvgIpc) is 2.76. The fourth-order valence-corrected chi connectivity index (χ4v) is 4.00. The smallest absolute Gasteiger partial charge is 0.407 e. The van der Waals surface area contributed by atoms with Crippen molar-refractivity contribution < 1.29 is 29.2 Å². The lowest BCUT2D eigenvalue weighted by molar-refractivity contribution is -0.691. The Kier molecular flexibility index (Phi) is 8.83. The number of fused-ring (bicyclic) bond motifs is 1. The second-order valence-electron chi connectivity index (χ2n) is 8.66. The lowest BCUT2D eigenvalue weighted by atomic mass is 10.0. The van der Waals surface area contributed by atoms with Gasteiger partial charge >= 0.3 is 12.0 Å². The predicted octanol–water partition coefficient (Wildman–Crippen LogP) is -0.334. The Morgan fingerprint density at radius 3 is 2.81 bits per heavy atom. The molecule has 0 bridgehead atoms. The molecule has 10 heteroatoms. The van der Waals surface area contributed by atoms with Gasteiger partial charge in [0.15, 0.2) is 0 Å². The van der Waals surface area contributed by atoms with E-state index in [1.807, 2.05) is 19.0 Å². The first-order valence-corrected chi connectivity index (χ1v) is 11.1. The summed E-state index contributed by atoms with van der Waals surface area (Å²) in [6.45, 7) is 3.14. The fourth-order valence-electron chi connectivity index (χ4n) is 4.00. The van der Waals surface area contributed by atoms with Crippen LogP contribution in [0, 0.1) is 5.21 Å². The van der Waals surface area contributed by atoms with Gasteiger partial charge in [-0.25, -0.2) is 9.59 Å². The number of piperidine rings is 1. The molecule has 0 spiro atoms. The fraction of sp³-hybridized carbons (Fsp3) is 0.636. The van der Waals surface area contributed by atoms with E-state index in [0.717, 1.165) is 31.5 Å². The van der Waals surface area contributed by atoms with Gasteiger partial charge in [-0.3, -0.25) is 5.06 Å². The van der Waals surface area contributed by atoms with Crippen molar-refractivity contribution >= 4 is 17.7 Å². The Hall–Kier alpha value is -2.24. The van der Waals surface area contributed by atoms with Gasteiger partial charge in [-0.2, -0.15) is 0 Å². The molecular weight excluding hydrogens is 416 g/mol. The van der Waals surface area contributed by atoms with Crippen LogP contribution in [0.15, 0.2) is 18.2 Å². The van der Waals surface area contributed by atoms with Crippen molar-refractivity contribution in [2.45, 2.75) is 37.8 Å². The normalized spacial score (nSPS) is 20.7. The summed E-state index contributed by atoms with van der Waals surface area (Å²) >= 11 is 0. The molecule has 178 valence electrons. The number of hydroxylamine groups is 1. The van der Waals surface area contributed by atoms with Gasteiger partial charge in [0, 0.05) is 38.3 Å². The number of ether oxygens (including phenoxy) is 2. The van der Waals surface area contributed by atoms with Crippen molar-refractivity contribution in [3.8, 4) is 5.75 Å². The highest BCUT2D eigenvalue weighted by Gasteiger charge is 2.27. The third-order valence-corrected chi connectivity index (χ3v) is 5.81. The molecule has 3 rings (SSSR count). The van der Waals surface area contributed by atoms with Gasteiger partial charge in [0.05, 0.1) is 12.0 Å². The quantitative estimate of drug-likeness (QED) is 0.438. The van der Waals surface area contributed by atoms with Gasteiger partial charge in [-0.1, -0.05) is 6.07 Å². The van der Waals surface area contributed by atoms with E-state index in [9.17, 15) is 19.9 Å². The van der Waals surface area contributed by atoms with Crippen molar-refractivity contribution in [3.05, 3.63) is 29.0 Å². The van der Waals surface area contributed by atoms with Crippen molar-refractivity contribution in [1.82, 2.24) is 15.1 Å². The maximum Gasteiger partial charge on any atom is 0.407 e. The molecule has 0 aliphatic carbocycles. The first kappa shape index (κ1) is 24.4. The number of benzene rings is 1. The number of nitrogens with one attached hydrogen (secondary N) is 2. The Labute approximate surface area is 188 Å². The summed E-state index contributed by atoms with van der Waals surface area (Å²) in [5, 5.41) is 24.9. The number of hydrogen-bond acceptors (Lipinski definition) is 8. The number of alkyl carbamates (subject to hydrolysis) is 1. The molecule has 0 radical (unpaired) electrons. The molecule has 0 saturated carbocycles. The molecule has 1 aromatic carbocycles. The molecule has 1 fully saturated rings.